The molecule has 1 aliphatic rings. The summed E-state index contributed by atoms with van der Waals surface area (Å²) in [5.74, 6) is 0.714. The molecule has 7 rings (SSSR count). The van der Waals surface area contributed by atoms with Crippen LogP contribution < -0.4 is 0 Å². The molecule has 0 saturated carbocycles. The van der Waals surface area contributed by atoms with Crippen molar-refractivity contribution in [2.75, 3.05) is 0 Å². The van der Waals surface area contributed by atoms with E-state index in [2.05, 4.69) is 108 Å². The quantitative estimate of drug-likeness (QED) is 0.231. The van der Waals surface area contributed by atoms with E-state index in [1.54, 1.807) is 6.20 Å². The van der Waals surface area contributed by atoms with E-state index in [0.717, 1.165) is 52.0 Å². The average Bonchev–Trinajstić information content (AvgIpc) is 3.05. The molecule has 0 atom stereocenters. The first-order valence-electron chi connectivity index (χ1n) is 13.7. The van der Waals surface area contributed by atoms with Crippen LogP contribution in [0, 0.1) is 0 Å². The van der Waals surface area contributed by atoms with Gasteiger partial charge in [0.1, 0.15) is 0 Å². The number of aryl methyl sites for hydroxylation is 1. The third-order valence-corrected chi connectivity index (χ3v) is 7.46. The van der Waals surface area contributed by atoms with Gasteiger partial charge in [0, 0.05) is 34.6 Å². The van der Waals surface area contributed by atoms with Gasteiger partial charge in [-0.2, -0.15) is 0 Å². The Hall–Kier alpha value is -5.15. The summed E-state index contributed by atoms with van der Waals surface area (Å²) < 4.78 is 0. The third-order valence-electron chi connectivity index (χ3n) is 7.46. The van der Waals surface area contributed by atoms with Crippen molar-refractivity contribution in [2.24, 2.45) is 0 Å². The van der Waals surface area contributed by atoms with Gasteiger partial charge in [-0.15, -0.1) is 0 Å². The monoisotopic (exact) mass is 513 g/mol. The summed E-state index contributed by atoms with van der Waals surface area (Å²) in [6, 6.07) is 40.2. The molecule has 0 radical (unpaired) electrons. The molecule has 4 aromatic carbocycles. The molecule has 0 bridgehead atoms. The number of pyridine rings is 1. The number of fused-ring (bicyclic) bond motifs is 1. The minimum absolute atomic E-state index is 0.714. The number of benzene rings is 4. The SMILES string of the molecule is C1=Cc2c(cccc2-c2ccc(-c3cc(-c4cccc(-c5cccnc5)c4)nc(-c4ccccc4)n3)cc2)CC1. The fourth-order valence-corrected chi connectivity index (χ4v) is 5.39. The van der Waals surface area contributed by atoms with Gasteiger partial charge in [0.05, 0.1) is 11.4 Å². The van der Waals surface area contributed by atoms with E-state index in [9.17, 15) is 0 Å². The zero-order chi connectivity index (χ0) is 26.7. The standard InChI is InChI=1S/C37H27N3/c1-2-10-29(11-3-1)37-39-35(24-36(40-37)31-14-6-13-30(23-31)32-15-8-22-38-25-32)28-20-18-27(19-21-28)34-17-7-12-26-9-4-5-16-33(26)34/h1-3,5-8,10-25H,4,9H2. The molecule has 6 aromatic rings. The zero-order valence-corrected chi connectivity index (χ0v) is 22.0. The molecule has 3 nitrogen and oxygen atoms in total. The van der Waals surface area contributed by atoms with Crippen LogP contribution >= 0.6 is 0 Å². The van der Waals surface area contributed by atoms with Crippen LogP contribution in [0.4, 0.5) is 0 Å². The number of hydrogen-bond donors (Lipinski definition) is 0. The first-order valence-corrected chi connectivity index (χ1v) is 13.7. The highest BCUT2D eigenvalue weighted by atomic mass is 14.9. The number of rotatable bonds is 5. The highest BCUT2D eigenvalue weighted by Crippen LogP contribution is 2.34. The predicted molar refractivity (Wildman–Crippen MR) is 164 cm³/mol. The Morgan fingerprint density at radius 2 is 1.25 bits per heavy atom. The molecule has 2 aromatic heterocycles. The smallest absolute Gasteiger partial charge is 0.160 e. The molecule has 3 heteroatoms. The molecule has 1 aliphatic carbocycles. The first kappa shape index (κ1) is 23.9. The van der Waals surface area contributed by atoms with Gasteiger partial charge in [-0.25, -0.2) is 9.97 Å². The highest BCUT2D eigenvalue weighted by molar-refractivity contribution is 5.80. The van der Waals surface area contributed by atoms with E-state index in [0.29, 0.717) is 5.82 Å². The summed E-state index contributed by atoms with van der Waals surface area (Å²) in [5, 5.41) is 0. The number of allylic oxidation sites excluding steroid dienone is 1. The second-order valence-corrected chi connectivity index (χ2v) is 10.0. The summed E-state index contributed by atoms with van der Waals surface area (Å²) in [6.45, 7) is 0. The van der Waals surface area contributed by atoms with Crippen molar-refractivity contribution in [3.63, 3.8) is 0 Å². The van der Waals surface area contributed by atoms with Crippen LogP contribution in [-0.4, -0.2) is 15.0 Å². The van der Waals surface area contributed by atoms with Crippen LogP contribution in [0.15, 0.2) is 134 Å². The van der Waals surface area contributed by atoms with Gasteiger partial charge in [0.15, 0.2) is 5.82 Å². The van der Waals surface area contributed by atoms with Crippen molar-refractivity contribution in [1.29, 1.82) is 0 Å². The van der Waals surface area contributed by atoms with E-state index < -0.39 is 0 Å². The van der Waals surface area contributed by atoms with Crippen molar-refractivity contribution in [3.05, 3.63) is 145 Å². The Labute approximate surface area is 234 Å². The minimum atomic E-state index is 0.714. The lowest BCUT2D eigenvalue weighted by atomic mass is 9.89. The van der Waals surface area contributed by atoms with Gasteiger partial charge in [-0.3, -0.25) is 4.98 Å². The molecule has 0 N–H and O–H groups in total. The molecular weight excluding hydrogens is 486 g/mol. The third kappa shape index (κ3) is 4.74. The van der Waals surface area contributed by atoms with Crippen LogP contribution in [0.5, 0.6) is 0 Å². The lowest BCUT2D eigenvalue weighted by Crippen LogP contribution is -1.97. The maximum absolute atomic E-state index is 5.02. The molecule has 2 heterocycles. The number of nitrogens with zero attached hydrogens (tertiary/aromatic N) is 3. The lowest BCUT2D eigenvalue weighted by Gasteiger charge is -2.15. The van der Waals surface area contributed by atoms with E-state index in [1.165, 1.54) is 22.3 Å². The van der Waals surface area contributed by atoms with Crippen molar-refractivity contribution >= 4 is 6.08 Å². The predicted octanol–water partition coefficient (Wildman–Crippen LogP) is 9.17. The lowest BCUT2D eigenvalue weighted by molar-refractivity contribution is 0.986. The van der Waals surface area contributed by atoms with Gasteiger partial charge in [0.2, 0.25) is 0 Å². The maximum atomic E-state index is 5.02. The molecule has 0 aliphatic heterocycles. The van der Waals surface area contributed by atoms with E-state index in [1.807, 2.05) is 30.5 Å². The van der Waals surface area contributed by atoms with Gasteiger partial charge >= 0.3 is 0 Å². The van der Waals surface area contributed by atoms with Crippen LogP contribution in [0.1, 0.15) is 17.5 Å². The topological polar surface area (TPSA) is 38.7 Å². The van der Waals surface area contributed by atoms with Gasteiger partial charge in [-0.1, -0.05) is 109 Å². The molecule has 0 unspecified atom stereocenters. The van der Waals surface area contributed by atoms with Crippen LogP contribution in [0.25, 0.3) is 62.2 Å². The van der Waals surface area contributed by atoms with Gasteiger partial charge < -0.3 is 0 Å². The zero-order valence-electron chi connectivity index (χ0n) is 22.0. The van der Waals surface area contributed by atoms with Gasteiger partial charge in [-0.05, 0) is 58.9 Å². The Morgan fingerprint density at radius 1 is 0.525 bits per heavy atom. The summed E-state index contributed by atoms with van der Waals surface area (Å²) in [4.78, 5) is 14.3. The molecular formula is C37H27N3. The van der Waals surface area contributed by atoms with Crippen LogP contribution in [0.3, 0.4) is 0 Å². The van der Waals surface area contributed by atoms with Crippen LogP contribution in [0.2, 0.25) is 0 Å². The number of aromatic nitrogens is 3. The van der Waals surface area contributed by atoms with E-state index in [-0.39, 0.29) is 0 Å². The minimum Gasteiger partial charge on any atom is -0.264 e. The average molecular weight is 514 g/mol. The van der Waals surface area contributed by atoms with E-state index in [4.69, 9.17) is 9.97 Å². The van der Waals surface area contributed by atoms with Crippen molar-refractivity contribution in [2.45, 2.75) is 12.8 Å². The van der Waals surface area contributed by atoms with Crippen LogP contribution in [-0.2, 0) is 6.42 Å². The fourth-order valence-electron chi connectivity index (χ4n) is 5.39. The second-order valence-electron chi connectivity index (χ2n) is 10.0. The number of hydrogen-bond acceptors (Lipinski definition) is 3. The molecule has 0 spiro atoms. The van der Waals surface area contributed by atoms with E-state index >= 15 is 0 Å². The summed E-state index contributed by atoms with van der Waals surface area (Å²) in [6.07, 6.45) is 10.4. The highest BCUT2D eigenvalue weighted by Gasteiger charge is 2.13. The summed E-state index contributed by atoms with van der Waals surface area (Å²) >= 11 is 0. The summed E-state index contributed by atoms with van der Waals surface area (Å²) in [5.41, 5.74) is 12.3. The second kappa shape index (κ2) is 10.5. The molecule has 0 fully saturated rings. The maximum Gasteiger partial charge on any atom is 0.160 e. The Bertz CT molecular complexity index is 1820. The summed E-state index contributed by atoms with van der Waals surface area (Å²) in [7, 11) is 0. The molecule has 190 valence electrons. The van der Waals surface area contributed by atoms with Crippen molar-refractivity contribution in [3.8, 4) is 56.2 Å². The fraction of sp³-hybridized carbons (Fsp3) is 0.0541. The molecule has 0 saturated heterocycles. The Morgan fingerprint density at radius 3 is 2.08 bits per heavy atom. The normalized spacial score (nSPS) is 12.2. The van der Waals surface area contributed by atoms with Crippen molar-refractivity contribution < 1.29 is 0 Å². The largest absolute Gasteiger partial charge is 0.264 e. The Kier molecular flexibility index (Phi) is 6.31. The Balaban J connectivity index is 1.31. The van der Waals surface area contributed by atoms with Gasteiger partial charge in [0.25, 0.3) is 0 Å². The van der Waals surface area contributed by atoms with Crippen molar-refractivity contribution in [1.82, 2.24) is 15.0 Å². The molecule has 40 heavy (non-hydrogen) atoms. The molecule has 0 amide bonds. The first-order chi connectivity index (χ1) is 19.8.